The maximum Gasteiger partial charge on any atom is 0.213 e. The van der Waals surface area contributed by atoms with E-state index in [2.05, 4.69) is 32.7 Å². The summed E-state index contributed by atoms with van der Waals surface area (Å²) >= 11 is 0. The van der Waals surface area contributed by atoms with Crippen LogP contribution in [0.3, 0.4) is 0 Å². The highest BCUT2D eigenvalue weighted by molar-refractivity contribution is 5.39. The van der Waals surface area contributed by atoms with Gasteiger partial charge in [0.15, 0.2) is 0 Å². The van der Waals surface area contributed by atoms with Crippen LogP contribution in [0.4, 0.5) is 0 Å². The predicted octanol–water partition coefficient (Wildman–Crippen LogP) is 2.70. The molecular weight excluding hydrogens is 212 g/mol. The van der Waals surface area contributed by atoms with Gasteiger partial charge in [-0.05, 0) is 28.4 Å². The lowest BCUT2D eigenvalue weighted by Crippen LogP contribution is -2.40. The quantitative estimate of drug-likeness (QED) is 0.812. The number of hydrogen-bond donors (Lipinski definition) is 1. The first-order valence-corrected chi connectivity index (χ1v) is 6.08. The van der Waals surface area contributed by atoms with Crippen molar-refractivity contribution in [3.63, 3.8) is 0 Å². The molecule has 1 aliphatic rings. The first-order chi connectivity index (χ1) is 7.79. The van der Waals surface area contributed by atoms with Crippen LogP contribution < -0.4 is 10.5 Å². The minimum Gasteiger partial charge on any atom is -0.481 e. The molecule has 0 radical (unpaired) electrons. The number of methoxy groups -OCH3 is 1. The predicted molar refractivity (Wildman–Crippen MR) is 69.0 cm³/mol. The van der Waals surface area contributed by atoms with E-state index in [1.807, 2.05) is 12.3 Å². The Hall–Kier alpha value is -1.09. The molecule has 17 heavy (non-hydrogen) atoms. The molecule has 2 atom stereocenters. The van der Waals surface area contributed by atoms with E-state index in [9.17, 15) is 0 Å². The van der Waals surface area contributed by atoms with Gasteiger partial charge in [-0.15, -0.1) is 0 Å². The number of nitrogens with zero attached hydrogens (tertiary/aromatic N) is 1. The lowest BCUT2D eigenvalue weighted by molar-refractivity contribution is 0.0888. The fraction of sp³-hybridized carbons (Fsp3) is 0.643. The van der Waals surface area contributed by atoms with E-state index in [1.54, 1.807) is 7.11 Å². The van der Waals surface area contributed by atoms with Crippen molar-refractivity contribution in [3.05, 3.63) is 23.4 Å². The molecule has 2 rings (SSSR count). The Morgan fingerprint density at radius 2 is 2.12 bits per heavy atom. The summed E-state index contributed by atoms with van der Waals surface area (Å²) in [5.41, 5.74) is 9.11. The van der Waals surface area contributed by atoms with E-state index in [0.29, 0.717) is 5.88 Å². The number of nitrogens with two attached hydrogens (primary N) is 1. The summed E-state index contributed by atoms with van der Waals surface area (Å²) in [5.74, 6) is 0.675. The van der Waals surface area contributed by atoms with E-state index in [-0.39, 0.29) is 16.9 Å². The number of hydrogen-bond acceptors (Lipinski definition) is 3. The average molecular weight is 234 g/mol. The maximum atomic E-state index is 6.42. The van der Waals surface area contributed by atoms with Gasteiger partial charge in [0.1, 0.15) is 0 Å². The fourth-order valence-corrected chi connectivity index (χ4v) is 2.61. The van der Waals surface area contributed by atoms with Gasteiger partial charge in [0.05, 0.1) is 7.11 Å². The molecule has 0 aliphatic heterocycles. The number of aromatic nitrogens is 1. The van der Waals surface area contributed by atoms with Gasteiger partial charge < -0.3 is 10.5 Å². The summed E-state index contributed by atoms with van der Waals surface area (Å²) in [6, 6.07) is 2.07. The highest BCUT2D eigenvalue weighted by Crippen LogP contribution is 2.54. The van der Waals surface area contributed by atoms with E-state index >= 15 is 0 Å². The molecular formula is C14H22N2O. The summed E-state index contributed by atoms with van der Waals surface area (Å²) in [4.78, 5) is 4.26. The van der Waals surface area contributed by atoms with Crippen molar-refractivity contribution >= 4 is 0 Å². The number of ether oxygens (including phenoxy) is 1. The normalized spacial score (nSPS) is 28.0. The second kappa shape index (κ2) is 3.70. The fourth-order valence-electron chi connectivity index (χ4n) is 2.61. The van der Waals surface area contributed by atoms with Crippen LogP contribution in [-0.2, 0) is 6.42 Å². The van der Waals surface area contributed by atoms with Crippen molar-refractivity contribution in [1.82, 2.24) is 4.98 Å². The van der Waals surface area contributed by atoms with Crippen LogP contribution in [0.1, 0.15) is 44.9 Å². The molecule has 1 unspecified atom stereocenters. The summed E-state index contributed by atoms with van der Waals surface area (Å²) < 4.78 is 5.18. The molecule has 0 bridgehead atoms. The SMILES string of the molecule is COc1cc2c(cn1)[C@@H](N)C(C)(C(C)(C)C)C2. The third-order valence-electron chi connectivity index (χ3n) is 4.50. The molecule has 0 amide bonds. The Morgan fingerprint density at radius 3 is 2.65 bits per heavy atom. The molecule has 0 aromatic carbocycles. The van der Waals surface area contributed by atoms with Crippen molar-refractivity contribution in [2.45, 2.75) is 40.2 Å². The highest BCUT2D eigenvalue weighted by atomic mass is 16.5. The van der Waals surface area contributed by atoms with E-state index in [1.165, 1.54) is 11.1 Å². The molecule has 1 heterocycles. The highest BCUT2D eigenvalue weighted by Gasteiger charge is 2.48. The number of fused-ring (bicyclic) bond motifs is 1. The van der Waals surface area contributed by atoms with Gasteiger partial charge in [0.2, 0.25) is 5.88 Å². The smallest absolute Gasteiger partial charge is 0.213 e. The summed E-state index contributed by atoms with van der Waals surface area (Å²) in [6.07, 6.45) is 2.86. The van der Waals surface area contributed by atoms with Gasteiger partial charge in [0, 0.05) is 18.3 Å². The van der Waals surface area contributed by atoms with Crippen molar-refractivity contribution in [2.75, 3.05) is 7.11 Å². The third-order valence-corrected chi connectivity index (χ3v) is 4.50. The zero-order chi connectivity index (χ0) is 12.8. The molecule has 1 aromatic heterocycles. The molecule has 0 saturated heterocycles. The first-order valence-electron chi connectivity index (χ1n) is 6.08. The van der Waals surface area contributed by atoms with Gasteiger partial charge in [-0.25, -0.2) is 4.98 Å². The third kappa shape index (κ3) is 1.73. The topological polar surface area (TPSA) is 48.1 Å². The zero-order valence-corrected chi connectivity index (χ0v) is 11.4. The Kier molecular flexibility index (Phi) is 2.69. The van der Waals surface area contributed by atoms with Crippen LogP contribution in [0.25, 0.3) is 0 Å². The van der Waals surface area contributed by atoms with Gasteiger partial charge in [0.25, 0.3) is 0 Å². The minimum absolute atomic E-state index is 0.0518. The zero-order valence-electron chi connectivity index (χ0n) is 11.4. The van der Waals surface area contributed by atoms with E-state index < -0.39 is 0 Å². The molecule has 0 spiro atoms. The first kappa shape index (κ1) is 12.4. The van der Waals surface area contributed by atoms with Gasteiger partial charge in [-0.1, -0.05) is 27.7 Å². The van der Waals surface area contributed by atoms with Gasteiger partial charge in [-0.2, -0.15) is 0 Å². The van der Waals surface area contributed by atoms with Crippen molar-refractivity contribution in [1.29, 1.82) is 0 Å². The standard InChI is InChI=1S/C14H22N2O/c1-13(2,3)14(4)7-9-6-11(17-5)16-8-10(9)12(14)15/h6,8,12H,7,15H2,1-5H3/t12-,14?/m1/s1. The summed E-state index contributed by atoms with van der Waals surface area (Å²) in [7, 11) is 1.65. The molecule has 3 heteroatoms. The van der Waals surface area contributed by atoms with Crippen LogP contribution in [0, 0.1) is 10.8 Å². The van der Waals surface area contributed by atoms with Crippen LogP contribution in [0.15, 0.2) is 12.3 Å². The summed E-state index contributed by atoms with van der Waals surface area (Å²) in [5, 5.41) is 0. The van der Waals surface area contributed by atoms with Crippen LogP contribution >= 0.6 is 0 Å². The minimum atomic E-state index is 0.0518. The molecule has 0 fully saturated rings. The Bertz CT molecular complexity index is 436. The average Bonchev–Trinajstić information content (AvgIpc) is 2.51. The maximum absolute atomic E-state index is 6.42. The van der Waals surface area contributed by atoms with Crippen LogP contribution in [-0.4, -0.2) is 12.1 Å². The molecule has 2 N–H and O–H groups in total. The Labute approximate surface area is 103 Å². The van der Waals surface area contributed by atoms with Crippen LogP contribution in [0.2, 0.25) is 0 Å². The second-order valence-corrected chi connectivity index (χ2v) is 6.25. The van der Waals surface area contributed by atoms with Gasteiger partial charge in [-0.3, -0.25) is 0 Å². The molecule has 0 saturated carbocycles. The molecule has 94 valence electrons. The van der Waals surface area contributed by atoms with Gasteiger partial charge >= 0.3 is 0 Å². The van der Waals surface area contributed by atoms with Crippen molar-refractivity contribution in [3.8, 4) is 5.88 Å². The second-order valence-electron chi connectivity index (χ2n) is 6.25. The van der Waals surface area contributed by atoms with Crippen molar-refractivity contribution in [2.24, 2.45) is 16.6 Å². The Balaban J connectivity index is 2.45. The van der Waals surface area contributed by atoms with Crippen molar-refractivity contribution < 1.29 is 4.74 Å². The largest absolute Gasteiger partial charge is 0.481 e. The number of pyridine rings is 1. The lowest BCUT2D eigenvalue weighted by Gasteiger charge is -2.42. The number of rotatable bonds is 1. The molecule has 3 nitrogen and oxygen atoms in total. The Morgan fingerprint density at radius 1 is 1.47 bits per heavy atom. The monoisotopic (exact) mass is 234 g/mol. The van der Waals surface area contributed by atoms with E-state index in [4.69, 9.17) is 10.5 Å². The van der Waals surface area contributed by atoms with E-state index in [0.717, 1.165) is 6.42 Å². The van der Waals surface area contributed by atoms with Crippen LogP contribution in [0.5, 0.6) is 5.88 Å². The lowest BCUT2D eigenvalue weighted by atomic mass is 9.64. The molecule has 1 aromatic rings. The molecule has 1 aliphatic carbocycles. The summed E-state index contributed by atoms with van der Waals surface area (Å²) in [6.45, 7) is 9.03.